The molecule has 90 valence electrons. The first kappa shape index (κ1) is 13.2. The van der Waals surface area contributed by atoms with Crippen LogP contribution in [0.2, 0.25) is 0 Å². The summed E-state index contributed by atoms with van der Waals surface area (Å²) >= 11 is 0. The zero-order valence-electron chi connectivity index (χ0n) is 10.2. The van der Waals surface area contributed by atoms with Crippen molar-refractivity contribution in [1.82, 2.24) is 4.90 Å². The predicted molar refractivity (Wildman–Crippen MR) is 68.2 cm³/mol. The van der Waals surface area contributed by atoms with Crippen LogP contribution in [0.3, 0.4) is 0 Å². The van der Waals surface area contributed by atoms with E-state index in [1.807, 2.05) is 12.2 Å². The number of allylic oxidation sites excluding steroid dienone is 3. The monoisotopic (exact) mass is 223 g/mol. The summed E-state index contributed by atoms with van der Waals surface area (Å²) in [6.45, 7) is 8.66. The molecule has 0 aromatic carbocycles. The number of piperidine rings is 1. The van der Waals surface area contributed by atoms with E-state index in [4.69, 9.17) is 0 Å². The second-order valence-electron chi connectivity index (χ2n) is 4.49. The number of likely N-dealkylation sites (tertiary alicyclic amines) is 1. The number of rotatable bonds is 5. The summed E-state index contributed by atoms with van der Waals surface area (Å²) in [4.78, 5) is 2.40. The van der Waals surface area contributed by atoms with Gasteiger partial charge in [0.1, 0.15) is 6.67 Å². The summed E-state index contributed by atoms with van der Waals surface area (Å²) in [6.07, 6.45) is 9.71. The Bertz CT molecular complexity index is 260. The number of alkyl halides is 1. The highest BCUT2D eigenvalue weighted by atomic mass is 19.1. The molecule has 0 bridgehead atoms. The molecule has 1 saturated heterocycles. The molecule has 0 aromatic rings. The van der Waals surface area contributed by atoms with Crippen molar-refractivity contribution in [3.63, 3.8) is 0 Å². The average molecular weight is 223 g/mol. The number of hydrogen-bond acceptors (Lipinski definition) is 1. The van der Waals surface area contributed by atoms with Crippen molar-refractivity contribution in [3.8, 4) is 0 Å². The molecule has 1 aliphatic heterocycles. The van der Waals surface area contributed by atoms with Gasteiger partial charge in [-0.1, -0.05) is 31.7 Å². The van der Waals surface area contributed by atoms with E-state index in [0.717, 1.165) is 31.1 Å². The Morgan fingerprint density at radius 2 is 2.12 bits per heavy atom. The quantitative estimate of drug-likeness (QED) is 0.646. The van der Waals surface area contributed by atoms with E-state index in [2.05, 4.69) is 18.4 Å². The van der Waals surface area contributed by atoms with Gasteiger partial charge < -0.3 is 0 Å². The summed E-state index contributed by atoms with van der Waals surface area (Å²) in [5.74, 6) is 0.841. The van der Waals surface area contributed by atoms with Gasteiger partial charge >= 0.3 is 0 Å². The van der Waals surface area contributed by atoms with Crippen molar-refractivity contribution >= 4 is 0 Å². The lowest BCUT2D eigenvalue weighted by atomic mass is 9.99. The van der Waals surface area contributed by atoms with Crippen LogP contribution < -0.4 is 0 Å². The fourth-order valence-electron chi connectivity index (χ4n) is 1.95. The van der Waals surface area contributed by atoms with Gasteiger partial charge in [0, 0.05) is 6.54 Å². The third-order valence-corrected chi connectivity index (χ3v) is 3.07. The first-order valence-corrected chi connectivity index (χ1v) is 6.02. The minimum absolute atomic E-state index is 0.388. The van der Waals surface area contributed by atoms with Gasteiger partial charge in [-0.2, -0.15) is 0 Å². The molecular formula is C14H22FN. The molecule has 0 aliphatic carbocycles. The summed E-state index contributed by atoms with van der Waals surface area (Å²) in [5.41, 5.74) is 1.05. The molecule has 16 heavy (non-hydrogen) atoms. The molecule has 0 aromatic heterocycles. The lowest BCUT2D eigenvalue weighted by Gasteiger charge is -2.30. The van der Waals surface area contributed by atoms with Gasteiger partial charge in [0.25, 0.3) is 0 Å². The molecule has 0 radical (unpaired) electrons. The highest BCUT2D eigenvalue weighted by Crippen LogP contribution is 2.17. The second-order valence-corrected chi connectivity index (χ2v) is 4.49. The fourth-order valence-corrected chi connectivity index (χ4v) is 1.95. The second kappa shape index (κ2) is 7.39. The van der Waals surface area contributed by atoms with E-state index in [1.165, 1.54) is 12.8 Å². The van der Waals surface area contributed by atoms with Crippen LogP contribution in [0.15, 0.2) is 36.5 Å². The summed E-state index contributed by atoms with van der Waals surface area (Å²) in [7, 11) is 0. The van der Waals surface area contributed by atoms with Crippen LogP contribution in [0, 0.1) is 5.92 Å². The minimum Gasteiger partial charge on any atom is -0.299 e. The minimum atomic E-state index is -0.388. The first-order valence-electron chi connectivity index (χ1n) is 6.02. The largest absolute Gasteiger partial charge is 0.299 e. The SMILES string of the molecule is C=C/C=C\C(=C/CF)CN1CCC(C)CC1. The lowest BCUT2D eigenvalue weighted by Crippen LogP contribution is -2.34. The van der Waals surface area contributed by atoms with Crippen LogP contribution in [-0.4, -0.2) is 31.2 Å². The van der Waals surface area contributed by atoms with Gasteiger partial charge in [0.15, 0.2) is 0 Å². The number of hydrogen-bond donors (Lipinski definition) is 0. The summed E-state index contributed by atoms with van der Waals surface area (Å²) < 4.78 is 12.3. The predicted octanol–water partition coefficient (Wildman–Crippen LogP) is 3.36. The number of nitrogens with zero attached hydrogens (tertiary/aromatic N) is 1. The van der Waals surface area contributed by atoms with Crippen LogP contribution >= 0.6 is 0 Å². The van der Waals surface area contributed by atoms with Crippen molar-refractivity contribution in [2.24, 2.45) is 5.92 Å². The van der Waals surface area contributed by atoms with Gasteiger partial charge in [-0.3, -0.25) is 4.90 Å². The Kier molecular flexibility index (Phi) is 6.09. The fraction of sp³-hybridized carbons (Fsp3) is 0.571. The highest BCUT2D eigenvalue weighted by Gasteiger charge is 2.15. The Hall–Kier alpha value is -0.890. The van der Waals surface area contributed by atoms with E-state index < -0.39 is 0 Å². The smallest absolute Gasteiger partial charge is 0.108 e. The van der Waals surface area contributed by atoms with Gasteiger partial charge in [-0.15, -0.1) is 0 Å². The zero-order valence-corrected chi connectivity index (χ0v) is 10.2. The van der Waals surface area contributed by atoms with Crippen molar-refractivity contribution in [1.29, 1.82) is 0 Å². The normalized spacial score (nSPS) is 20.5. The molecule has 0 amide bonds. The molecule has 0 unspecified atom stereocenters. The average Bonchev–Trinajstić information content (AvgIpc) is 2.29. The summed E-state index contributed by atoms with van der Waals surface area (Å²) in [6, 6.07) is 0. The van der Waals surface area contributed by atoms with Gasteiger partial charge in [-0.05, 0) is 43.5 Å². The number of halogens is 1. The maximum Gasteiger partial charge on any atom is 0.108 e. The molecule has 1 nitrogen and oxygen atoms in total. The molecule has 0 N–H and O–H groups in total. The Labute approximate surface area is 98.3 Å². The Morgan fingerprint density at radius 1 is 1.44 bits per heavy atom. The molecule has 0 atom stereocenters. The van der Waals surface area contributed by atoms with Crippen molar-refractivity contribution in [3.05, 3.63) is 36.5 Å². The van der Waals surface area contributed by atoms with E-state index in [0.29, 0.717) is 0 Å². The zero-order chi connectivity index (χ0) is 11.8. The molecule has 0 saturated carbocycles. The first-order chi connectivity index (χ1) is 7.76. The Balaban J connectivity index is 2.45. The molecular weight excluding hydrogens is 201 g/mol. The summed E-state index contributed by atoms with van der Waals surface area (Å²) in [5, 5.41) is 0. The topological polar surface area (TPSA) is 3.24 Å². The molecule has 2 heteroatoms. The van der Waals surface area contributed by atoms with Crippen molar-refractivity contribution in [2.45, 2.75) is 19.8 Å². The van der Waals surface area contributed by atoms with Gasteiger partial charge in [0.05, 0.1) is 0 Å². The van der Waals surface area contributed by atoms with E-state index in [-0.39, 0.29) is 6.67 Å². The van der Waals surface area contributed by atoms with Crippen LogP contribution in [0.4, 0.5) is 4.39 Å². The van der Waals surface area contributed by atoms with E-state index in [9.17, 15) is 4.39 Å². The van der Waals surface area contributed by atoms with Gasteiger partial charge in [-0.25, -0.2) is 4.39 Å². The third-order valence-electron chi connectivity index (χ3n) is 3.07. The molecule has 1 fully saturated rings. The van der Waals surface area contributed by atoms with Crippen molar-refractivity contribution in [2.75, 3.05) is 26.3 Å². The van der Waals surface area contributed by atoms with Crippen LogP contribution in [0.1, 0.15) is 19.8 Å². The van der Waals surface area contributed by atoms with Crippen LogP contribution in [0.25, 0.3) is 0 Å². The molecule has 1 heterocycles. The van der Waals surface area contributed by atoms with Gasteiger partial charge in [0.2, 0.25) is 0 Å². The van der Waals surface area contributed by atoms with E-state index >= 15 is 0 Å². The third kappa shape index (κ3) is 4.75. The lowest BCUT2D eigenvalue weighted by molar-refractivity contribution is 0.207. The molecule has 0 spiro atoms. The highest BCUT2D eigenvalue weighted by molar-refractivity contribution is 5.23. The van der Waals surface area contributed by atoms with Crippen LogP contribution in [0.5, 0.6) is 0 Å². The van der Waals surface area contributed by atoms with Crippen LogP contribution in [-0.2, 0) is 0 Å². The molecule has 1 rings (SSSR count). The maximum absolute atomic E-state index is 12.3. The van der Waals surface area contributed by atoms with E-state index in [1.54, 1.807) is 12.2 Å². The van der Waals surface area contributed by atoms with Crippen molar-refractivity contribution < 1.29 is 4.39 Å². The standard InChI is InChI=1S/C14H22FN/c1-3-4-5-14(6-9-15)12-16-10-7-13(2)8-11-16/h3-6,13H,1,7-12H2,2H3/b5-4-,14-6+. The Morgan fingerprint density at radius 3 is 2.69 bits per heavy atom. The molecule has 1 aliphatic rings. The maximum atomic E-state index is 12.3.